The second-order valence-corrected chi connectivity index (χ2v) is 7.36. The van der Waals surface area contributed by atoms with Crippen LogP contribution >= 0.6 is 0 Å². The van der Waals surface area contributed by atoms with Gasteiger partial charge >= 0.3 is 6.61 Å². The number of rotatable bonds is 6. The first kappa shape index (κ1) is 21.5. The second-order valence-electron chi connectivity index (χ2n) is 7.36. The third-order valence-electron chi connectivity index (χ3n) is 5.44. The summed E-state index contributed by atoms with van der Waals surface area (Å²) in [4.78, 5) is 29.1. The van der Waals surface area contributed by atoms with Gasteiger partial charge in [-0.2, -0.15) is 8.78 Å². The highest BCUT2D eigenvalue weighted by molar-refractivity contribution is 5.99. The van der Waals surface area contributed by atoms with Gasteiger partial charge in [-0.05, 0) is 23.8 Å². The van der Waals surface area contributed by atoms with Gasteiger partial charge in [0.05, 0.1) is 19.0 Å². The summed E-state index contributed by atoms with van der Waals surface area (Å²) in [7, 11) is 1.25. The molecule has 168 valence electrons. The topological polar surface area (TPSA) is 99.2 Å². The highest BCUT2D eigenvalue weighted by atomic mass is 19.3. The number of fused-ring (bicyclic) bond motifs is 1. The Hall–Kier alpha value is -3.76. The molecule has 0 unspecified atom stereocenters. The number of nitrogens with zero attached hydrogens (tertiary/aromatic N) is 3. The van der Waals surface area contributed by atoms with Crippen LogP contribution < -0.4 is 15.2 Å². The van der Waals surface area contributed by atoms with Crippen LogP contribution in [-0.2, 0) is 4.79 Å². The Morgan fingerprint density at radius 2 is 1.91 bits per heavy atom. The predicted molar refractivity (Wildman–Crippen MR) is 107 cm³/mol. The van der Waals surface area contributed by atoms with Crippen molar-refractivity contribution in [2.75, 3.05) is 20.2 Å². The smallest absolute Gasteiger partial charge is 0.387 e. The first-order valence-electron chi connectivity index (χ1n) is 9.58. The molecule has 0 saturated carbocycles. The Bertz CT molecular complexity index is 1220. The molecular formula is C21H19F3N4O4. The van der Waals surface area contributed by atoms with Crippen molar-refractivity contribution in [1.29, 1.82) is 0 Å². The molecule has 4 rings (SSSR count). The van der Waals surface area contributed by atoms with Crippen molar-refractivity contribution < 1.29 is 32.2 Å². The summed E-state index contributed by atoms with van der Waals surface area (Å²) >= 11 is 0. The molecule has 0 aliphatic carbocycles. The van der Waals surface area contributed by atoms with Crippen LogP contribution in [0.4, 0.5) is 13.2 Å². The molecule has 2 N–H and O–H groups in total. The fourth-order valence-corrected chi connectivity index (χ4v) is 3.80. The summed E-state index contributed by atoms with van der Waals surface area (Å²) in [6.45, 7) is -0.889. The number of carbonyl (C=O) groups excluding carboxylic acids is 2. The van der Waals surface area contributed by atoms with E-state index < -0.39 is 24.1 Å². The summed E-state index contributed by atoms with van der Waals surface area (Å²) < 4.78 is 51.8. The lowest BCUT2D eigenvalue weighted by Gasteiger charge is -2.39. The molecule has 1 aliphatic heterocycles. The first-order chi connectivity index (χ1) is 15.2. The van der Waals surface area contributed by atoms with E-state index in [-0.39, 0.29) is 23.1 Å². The Labute approximate surface area is 180 Å². The lowest BCUT2D eigenvalue weighted by Crippen LogP contribution is -2.47. The van der Waals surface area contributed by atoms with E-state index in [4.69, 9.17) is 10.5 Å². The van der Waals surface area contributed by atoms with Gasteiger partial charge < -0.3 is 20.1 Å². The van der Waals surface area contributed by atoms with E-state index in [1.807, 2.05) is 0 Å². The zero-order valence-electron chi connectivity index (χ0n) is 17.1. The Kier molecular flexibility index (Phi) is 5.41. The number of methoxy groups -OCH3 is 1. The third-order valence-corrected chi connectivity index (χ3v) is 5.44. The van der Waals surface area contributed by atoms with Crippen LogP contribution in [0.1, 0.15) is 28.8 Å². The van der Waals surface area contributed by atoms with E-state index in [9.17, 15) is 22.8 Å². The van der Waals surface area contributed by atoms with Crippen LogP contribution in [0.5, 0.6) is 11.5 Å². The minimum absolute atomic E-state index is 0.0685. The monoisotopic (exact) mass is 448 g/mol. The normalized spacial score (nSPS) is 14.0. The number of aromatic nitrogens is 2. The number of benzene rings is 1. The van der Waals surface area contributed by atoms with Gasteiger partial charge in [0, 0.05) is 37.7 Å². The summed E-state index contributed by atoms with van der Waals surface area (Å²) in [6, 6.07) is 4.19. The third kappa shape index (κ3) is 3.70. The van der Waals surface area contributed by atoms with Crippen molar-refractivity contribution in [3.05, 3.63) is 47.5 Å². The lowest BCUT2D eigenvalue weighted by atomic mass is 9.91. The molecule has 2 amide bonds. The van der Waals surface area contributed by atoms with Crippen molar-refractivity contribution in [3.8, 4) is 22.8 Å². The standard InChI is InChI=1S/C21H19F3N4O4/c1-10(29)27-7-12(8-27)13-5-18-26-6-15(28(18)9-14(13)22)11-3-16(31-2)19(20(25)30)17(4-11)32-21(23)24/h3-6,9,12,21H,7-8H2,1-2H3,(H2,25,30). The molecule has 1 aliphatic rings. The molecule has 3 aromatic rings. The Balaban J connectivity index is 1.78. The van der Waals surface area contributed by atoms with Crippen LogP contribution in [0.2, 0.25) is 0 Å². The van der Waals surface area contributed by atoms with E-state index in [0.717, 1.165) is 0 Å². The number of halogens is 3. The lowest BCUT2D eigenvalue weighted by molar-refractivity contribution is -0.133. The summed E-state index contributed by atoms with van der Waals surface area (Å²) in [5.74, 6) is -2.23. The molecule has 0 radical (unpaired) electrons. The molecule has 0 bridgehead atoms. The molecule has 1 fully saturated rings. The highest BCUT2D eigenvalue weighted by Crippen LogP contribution is 2.37. The molecule has 0 spiro atoms. The van der Waals surface area contributed by atoms with Gasteiger partial charge in [0.25, 0.3) is 5.91 Å². The van der Waals surface area contributed by atoms with Crippen LogP contribution in [0, 0.1) is 5.82 Å². The van der Waals surface area contributed by atoms with E-state index >= 15 is 0 Å². The number of imidazole rings is 1. The SMILES string of the molecule is COc1cc(-c2cnc3cc(C4CN(C(C)=O)C4)c(F)cn23)cc(OC(F)F)c1C(N)=O. The van der Waals surface area contributed by atoms with Gasteiger partial charge in [-0.3, -0.25) is 14.0 Å². The molecule has 3 heterocycles. The second kappa shape index (κ2) is 8.06. The largest absolute Gasteiger partial charge is 0.496 e. The number of primary amides is 1. The average Bonchev–Trinajstić information content (AvgIpc) is 3.07. The van der Waals surface area contributed by atoms with Gasteiger partial charge in [-0.15, -0.1) is 0 Å². The molecular weight excluding hydrogens is 429 g/mol. The maximum atomic E-state index is 14.9. The zero-order valence-corrected chi connectivity index (χ0v) is 17.1. The minimum atomic E-state index is -3.20. The summed E-state index contributed by atoms with van der Waals surface area (Å²) in [5, 5.41) is 0. The van der Waals surface area contributed by atoms with Crippen LogP contribution in [0.25, 0.3) is 16.9 Å². The number of hydrogen-bond donors (Lipinski definition) is 1. The van der Waals surface area contributed by atoms with Crippen molar-refractivity contribution in [1.82, 2.24) is 14.3 Å². The van der Waals surface area contributed by atoms with Crippen molar-refractivity contribution in [2.24, 2.45) is 5.73 Å². The number of ether oxygens (including phenoxy) is 2. The Morgan fingerprint density at radius 1 is 1.22 bits per heavy atom. The van der Waals surface area contributed by atoms with E-state index in [2.05, 4.69) is 9.72 Å². The van der Waals surface area contributed by atoms with Crippen molar-refractivity contribution in [2.45, 2.75) is 19.5 Å². The molecule has 2 aromatic heterocycles. The number of pyridine rings is 1. The summed E-state index contributed by atoms with van der Waals surface area (Å²) in [5.41, 5.74) is 6.49. The van der Waals surface area contributed by atoms with Gasteiger partial charge in [0.2, 0.25) is 5.91 Å². The zero-order chi connectivity index (χ0) is 23.2. The van der Waals surface area contributed by atoms with Crippen molar-refractivity contribution >= 4 is 17.5 Å². The summed E-state index contributed by atoms with van der Waals surface area (Å²) in [6.07, 6.45) is 2.68. The van der Waals surface area contributed by atoms with Crippen molar-refractivity contribution in [3.63, 3.8) is 0 Å². The average molecular weight is 448 g/mol. The predicted octanol–water partition coefficient (Wildman–Crippen LogP) is 2.79. The number of likely N-dealkylation sites (tertiary alicyclic amines) is 1. The van der Waals surface area contributed by atoms with Crippen LogP contribution in [-0.4, -0.2) is 52.9 Å². The van der Waals surface area contributed by atoms with Gasteiger partial charge in [0.1, 0.15) is 28.5 Å². The van der Waals surface area contributed by atoms with Crippen LogP contribution in [0.15, 0.2) is 30.6 Å². The van der Waals surface area contributed by atoms with Crippen LogP contribution in [0.3, 0.4) is 0 Å². The minimum Gasteiger partial charge on any atom is -0.496 e. The molecule has 8 nitrogen and oxygen atoms in total. The van der Waals surface area contributed by atoms with E-state index in [1.54, 1.807) is 11.0 Å². The van der Waals surface area contributed by atoms with E-state index in [0.29, 0.717) is 35.6 Å². The molecule has 1 saturated heterocycles. The Morgan fingerprint density at radius 3 is 2.50 bits per heavy atom. The number of amides is 2. The highest BCUT2D eigenvalue weighted by Gasteiger charge is 2.32. The molecule has 0 atom stereocenters. The number of carbonyl (C=O) groups is 2. The molecule has 11 heteroatoms. The maximum absolute atomic E-state index is 14.9. The molecule has 32 heavy (non-hydrogen) atoms. The van der Waals surface area contributed by atoms with Gasteiger partial charge in [-0.25, -0.2) is 9.37 Å². The fraction of sp³-hybridized carbons (Fsp3) is 0.286. The number of alkyl halides is 2. The van der Waals surface area contributed by atoms with Gasteiger partial charge in [0.15, 0.2) is 0 Å². The van der Waals surface area contributed by atoms with E-state index in [1.165, 1.54) is 43.0 Å². The fourth-order valence-electron chi connectivity index (χ4n) is 3.80. The quantitative estimate of drug-likeness (QED) is 0.625. The molecule has 1 aromatic carbocycles. The van der Waals surface area contributed by atoms with Gasteiger partial charge in [-0.1, -0.05) is 0 Å². The maximum Gasteiger partial charge on any atom is 0.387 e. The first-order valence-corrected chi connectivity index (χ1v) is 9.58. The number of nitrogens with two attached hydrogens (primary N) is 1. The number of hydrogen-bond acceptors (Lipinski definition) is 5.